The average Bonchev–Trinajstić information content (AvgIpc) is 2.79. The van der Waals surface area contributed by atoms with E-state index >= 15 is 0 Å². The Morgan fingerprint density at radius 1 is 0.969 bits per heavy atom. The van der Waals surface area contributed by atoms with Crippen LogP contribution in [-0.4, -0.2) is 44.0 Å². The summed E-state index contributed by atoms with van der Waals surface area (Å²) in [5.41, 5.74) is 1.20. The predicted molar refractivity (Wildman–Crippen MR) is 141 cm³/mol. The van der Waals surface area contributed by atoms with Gasteiger partial charge in [-0.2, -0.15) is 0 Å². The van der Waals surface area contributed by atoms with Crippen LogP contribution in [0.3, 0.4) is 0 Å². The van der Waals surface area contributed by atoms with Crippen molar-refractivity contribution in [3.8, 4) is 0 Å². The number of nitrogens with one attached hydrogen (secondary N) is 3. The highest BCUT2D eigenvalue weighted by molar-refractivity contribution is 5.48. The fourth-order valence-corrected chi connectivity index (χ4v) is 3.95. The molecule has 32 heavy (non-hydrogen) atoms. The third kappa shape index (κ3) is 14.8. The molecule has 4 heteroatoms. The molecule has 0 aromatic heterocycles. The van der Waals surface area contributed by atoms with Crippen molar-refractivity contribution in [2.45, 2.75) is 110 Å². The van der Waals surface area contributed by atoms with Gasteiger partial charge in [0, 0.05) is 12.1 Å². The van der Waals surface area contributed by atoms with Crippen molar-refractivity contribution in [1.29, 1.82) is 0 Å². The Morgan fingerprint density at radius 2 is 1.56 bits per heavy atom. The van der Waals surface area contributed by atoms with E-state index in [-0.39, 0.29) is 11.8 Å². The molecule has 0 spiro atoms. The van der Waals surface area contributed by atoms with Gasteiger partial charge in [-0.05, 0) is 97.8 Å². The first-order chi connectivity index (χ1) is 15.4. The molecule has 1 fully saturated rings. The van der Waals surface area contributed by atoms with Crippen molar-refractivity contribution in [1.82, 2.24) is 16.0 Å². The predicted octanol–water partition coefficient (Wildman–Crippen LogP) is 6.14. The van der Waals surface area contributed by atoms with Crippen molar-refractivity contribution in [2.24, 2.45) is 0 Å². The Morgan fingerprint density at radius 3 is 2.06 bits per heavy atom. The van der Waals surface area contributed by atoms with Crippen molar-refractivity contribution < 1.29 is 4.74 Å². The first-order valence-electron chi connectivity index (χ1n) is 12.9. The zero-order chi connectivity index (χ0) is 23.7. The minimum atomic E-state index is -0.0784. The van der Waals surface area contributed by atoms with E-state index in [1.54, 1.807) is 0 Å². The van der Waals surface area contributed by atoms with Gasteiger partial charge < -0.3 is 15.4 Å². The minimum absolute atomic E-state index is 0.0784. The summed E-state index contributed by atoms with van der Waals surface area (Å²) in [6.45, 7) is 13.0. The largest absolute Gasteiger partial charge is 0.358 e. The monoisotopic (exact) mass is 445 g/mol. The van der Waals surface area contributed by atoms with E-state index in [0.29, 0.717) is 0 Å². The van der Waals surface area contributed by atoms with E-state index in [9.17, 15) is 0 Å². The second kappa shape index (κ2) is 17.3. The molecule has 2 rings (SSSR count). The number of rotatable bonds is 12. The summed E-state index contributed by atoms with van der Waals surface area (Å²) < 4.78 is 5.98. The second-order valence-electron chi connectivity index (χ2n) is 9.83. The summed E-state index contributed by atoms with van der Waals surface area (Å²) in [6, 6.07) is 11.8. The Bertz CT molecular complexity index is 574. The quantitative estimate of drug-likeness (QED) is 0.267. The van der Waals surface area contributed by atoms with E-state index in [4.69, 9.17) is 4.74 Å². The molecule has 4 nitrogen and oxygen atoms in total. The van der Waals surface area contributed by atoms with Crippen LogP contribution >= 0.6 is 0 Å². The highest BCUT2D eigenvalue weighted by atomic mass is 16.5. The van der Waals surface area contributed by atoms with Gasteiger partial charge in [-0.15, -0.1) is 0 Å². The summed E-state index contributed by atoms with van der Waals surface area (Å²) in [6.07, 6.45) is 14.3. The maximum absolute atomic E-state index is 5.98. The highest BCUT2D eigenvalue weighted by Gasteiger charge is 2.20. The molecular formula is C28H51N3O. The molecule has 0 radical (unpaired) electrons. The molecule has 1 atom stereocenters. The zero-order valence-electron chi connectivity index (χ0n) is 21.8. The molecular weight excluding hydrogens is 394 g/mol. The molecule has 0 saturated heterocycles. The number of ether oxygens (including phenoxy) is 1. The molecule has 1 saturated carbocycles. The Labute approximate surface area is 199 Å². The molecule has 0 heterocycles. The van der Waals surface area contributed by atoms with Gasteiger partial charge in [0.15, 0.2) is 0 Å². The summed E-state index contributed by atoms with van der Waals surface area (Å²) in [7, 11) is 1.98. The van der Waals surface area contributed by atoms with E-state index in [1.807, 2.05) is 13.1 Å². The normalized spacial score (nSPS) is 20.1. The van der Waals surface area contributed by atoms with Crippen LogP contribution in [0.2, 0.25) is 0 Å². The molecule has 3 N–H and O–H groups in total. The Kier molecular flexibility index (Phi) is 15.6. The molecule has 1 aliphatic carbocycles. The fourth-order valence-electron chi connectivity index (χ4n) is 3.95. The maximum Gasteiger partial charge on any atom is 0.108 e. The van der Waals surface area contributed by atoms with Gasteiger partial charge in [-0.1, -0.05) is 56.3 Å². The van der Waals surface area contributed by atoms with E-state index < -0.39 is 0 Å². The smallest absolute Gasteiger partial charge is 0.108 e. The van der Waals surface area contributed by atoms with Crippen LogP contribution in [0.1, 0.15) is 91.5 Å². The molecule has 0 aliphatic heterocycles. The first-order valence-corrected chi connectivity index (χ1v) is 12.9. The van der Waals surface area contributed by atoms with Gasteiger partial charge in [0.05, 0.1) is 5.60 Å². The topological polar surface area (TPSA) is 45.3 Å². The molecule has 0 amide bonds. The average molecular weight is 446 g/mol. The lowest BCUT2D eigenvalue weighted by molar-refractivity contribution is -0.0753. The van der Waals surface area contributed by atoms with E-state index in [1.165, 1.54) is 44.2 Å². The maximum atomic E-state index is 5.98. The van der Waals surface area contributed by atoms with Crippen molar-refractivity contribution in [2.75, 3.05) is 20.1 Å². The van der Waals surface area contributed by atoms with Crippen LogP contribution in [0.4, 0.5) is 0 Å². The fraction of sp³-hybridized carbons (Fsp3) is 0.714. The van der Waals surface area contributed by atoms with Crippen molar-refractivity contribution in [3.05, 3.63) is 42.0 Å². The summed E-state index contributed by atoms with van der Waals surface area (Å²) in [4.78, 5) is 0. The lowest BCUT2D eigenvalue weighted by Gasteiger charge is -2.30. The van der Waals surface area contributed by atoms with Crippen LogP contribution < -0.4 is 16.0 Å². The van der Waals surface area contributed by atoms with Gasteiger partial charge in [-0.3, -0.25) is 5.32 Å². The number of benzene rings is 1. The number of allylic oxidation sites excluding steroid dienone is 1. The lowest BCUT2D eigenvalue weighted by atomic mass is 9.91. The van der Waals surface area contributed by atoms with Gasteiger partial charge >= 0.3 is 0 Å². The van der Waals surface area contributed by atoms with Crippen LogP contribution in [-0.2, 0) is 4.74 Å². The van der Waals surface area contributed by atoms with Crippen LogP contribution in [0.5, 0.6) is 0 Å². The number of hydrogen-bond acceptors (Lipinski definition) is 4. The third-order valence-electron chi connectivity index (χ3n) is 5.65. The Hall–Kier alpha value is -1.20. The van der Waals surface area contributed by atoms with E-state index in [0.717, 1.165) is 37.9 Å². The van der Waals surface area contributed by atoms with Crippen molar-refractivity contribution >= 4 is 6.08 Å². The van der Waals surface area contributed by atoms with Crippen LogP contribution in [0.25, 0.3) is 6.08 Å². The van der Waals surface area contributed by atoms with Gasteiger partial charge in [0.2, 0.25) is 0 Å². The van der Waals surface area contributed by atoms with E-state index in [2.05, 4.69) is 87.0 Å². The molecule has 1 aromatic carbocycles. The first kappa shape index (κ1) is 28.8. The lowest BCUT2D eigenvalue weighted by Crippen LogP contribution is -2.41. The number of hydrogen-bond donors (Lipinski definition) is 3. The Balaban J connectivity index is 0.000000425. The molecule has 0 bridgehead atoms. The van der Waals surface area contributed by atoms with Gasteiger partial charge in [-0.25, -0.2) is 0 Å². The summed E-state index contributed by atoms with van der Waals surface area (Å²) in [5, 5.41) is 10.6. The van der Waals surface area contributed by atoms with Crippen molar-refractivity contribution in [3.63, 3.8) is 0 Å². The minimum Gasteiger partial charge on any atom is -0.358 e. The summed E-state index contributed by atoms with van der Waals surface area (Å²) in [5.74, 6) is 0. The van der Waals surface area contributed by atoms with Crippen LogP contribution in [0, 0.1) is 0 Å². The van der Waals surface area contributed by atoms with Gasteiger partial charge in [0.25, 0.3) is 0 Å². The second-order valence-corrected chi connectivity index (χ2v) is 9.83. The zero-order valence-corrected chi connectivity index (χ0v) is 21.8. The third-order valence-corrected chi connectivity index (χ3v) is 5.65. The molecule has 1 aromatic rings. The highest BCUT2D eigenvalue weighted by Crippen LogP contribution is 2.19. The molecule has 1 aliphatic rings. The molecule has 1 unspecified atom stereocenters. The summed E-state index contributed by atoms with van der Waals surface area (Å²) >= 11 is 0. The SMILES string of the molecule is CC/C=C\c1ccccc1.CCCNC1CCC(NCCCC(NC)OC(C)(C)C)CC1. The standard InChI is InChI=1S/C18H39N3O.C10H12/c1-6-13-20-15-9-11-16(12-10-15)21-14-7-8-17(19-5)22-18(2,3)4;1-2-3-7-10-8-5-4-6-9-10/h15-17,19-21H,6-14H2,1-5H3;3-9H,2H2,1H3/b;7-3-. The van der Waals surface area contributed by atoms with Crippen LogP contribution in [0.15, 0.2) is 36.4 Å². The molecule has 184 valence electrons. The van der Waals surface area contributed by atoms with Gasteiger partial charge in [0.1, 0.15) is 6.23 Å².